The van der Waals surface area contributed by atoms with Crippen molar-refractivity contribution in [3.8, 4) is 50.2 Å². The summed E-state index contributed by atoms with van der Waals surface area (Å²) in [7, 11) is 0. The van der Waals surface area contributed by atoms with Crippen LogP contribution in [0.3, 0.4) is 0 Å². The Morgan fingerprint density at radius 1 is 0.302 bits per heavy atom. The minimum atomic E-state index is 0.888. The number of aromatic nitrogens is 1. The van der Waals surface area contributed by atoms with Crippen LogP contribution in [0, 0.1) is 0 Å². The van der Waals surface area contributed by atoms with Gasteiger partial charge < -0.3 is 13.9 Å². The van der Waals surface area contributed by atoms with E-state index in [1.807, 2.05) is 6.07 Å². The molecule has 0 unspecified atom stereocenters. The number of furan rings is 1. The lowest BCUT2D eigenvalue weighted by molar-refractivity contribution is 0.670. The Morgan fingerprint density at radius 3 is 1.51 bits per heavy atom. The molecule has 63 heavy (non-hydrogen) atoms. The van der Waals surface area contributed by atoms with Crippen molar-refractivity contribution in [3.05, 3.63) is 243 Å². The quantitative estimate of drug-likeness (QED) is 0.153. The predicted octanol–water partition coefficient (Wildman–Crippen LogP) is 16.8. The molecule has 3 nitrogen and oxygen atoms in total. The fourth-order valence-corrected chi connectivity index (χ4v) is 9.34. The predicted molar refractivity (Wildman–Crippen MR) is 264 cm³/mol. The fraction of sp³-hybridized carbons (Fsp3) is 0. The minimum Gasteiger partial charge on any atom is -0.455 e. The highest BCUT2D eigenvalue weighted by Gasteiger charge is 2.19. The van der Waals surface area contributed by atoms with Crippen molar-refractivity contribution < 1.29 is 4.42 Å². The summed E-state index contributed by atoms with van der Waals surface area (Å²) >= 11 is 0. The second-order valence-electron chi connectivity index (χ2n) is 16.1. The average Bonchev–Trinajstić information content (AvgIpc) is 3.91. The summed E-state index contributed by atoms with van der Waals surface area (Å²) in [6.45, 7) is 0. The summed E-state index contributed by atoms with van der Waals surface area (Å²) in [6, 6.07) is 87.0. The van der Waals surface area contributed by atoms with E-state index in [0.717, 1.165) is 66.9 Å². The Labute approximate surface area is 366 Å². The highest BCUT2D eigenvalue weighted by molar-refractivity contribution is 6.12. The number of hydrogen-bond donors (Lipinski definition) is 0. The summed E-state index contributed by atoms with van der Waals surface area (Å²) < 4.78 is 8.89. The summed E-state index contributed by atoms with van der Waals surface area (Å²) in [5, 5.41) is 4.66. The maximum Gasteiger partial charge on any atom is 0.143 e. The van der Waals surface area contributed by atoms with Gasteiger partial charge in [-0.2, -0.15) is 0 Å². The smallest absolute Gasteiger partial charge is 0.143 e. The molecule has 296 valence electrons. The summed E-state index contributed by atoms with van der Waals surface area (Å²) in [4.78, 5) is 2.37. The van der Waals surface area contributed by atoms with Gasteiger partial charge in [-0.05, 0) is 118 Å². The van der Waals surface area contributed by atoms with Crippen molar-refractivity contribution in [1.29, 1.82) is 0 Å². The third kappa shape index (κ3) is 6.46. The van der Waals surface area contributed by atoms with Crippen molar-refractivity contribution in [2.75, 3.05) is 4.90 Å². The Kier molecular flexibility index (Phi) is 8.83. The van der Waals surface area contributed by atoms with E-state index in [1.54, 1.807) is 0 Å². The van der Waals surface area contributed by atoms with Crippen molar-refractivity contribution >= 4 is 60.8 Å². The van der Waals surface area contributed by atoms with Gasteiger partial charge in [0.25, 0.3) is 0 Å². The van der Waals surface area contributed by atoms with E-state index in [9.17, 15) is 0 Å². The van der Waals surface area contributed by atoms with E-state index in [-0.39, 0.29) is 0 Å². The van der Waals surface area contributed by atoms with Gasteiger partial charge in [-0.25, -0.2) is 0 Å². The highest BCUT2D eigenvalue weighted by atomic mass is 16.3. The van der Waals surface area contributed by atoms with Gasteiger partial charge in [-0.3, -0.25) is 0 Å². The maximum absolute atomic E-state index is 6.52. The first kappa shape index (κ1) is 36.5. The molecule has 12 aromatic rings. The highest BCUT2D eigenvalue weighted by Crippen LogP contribution is 2.42. The Bertz CT molecular complexity index is 3590. The molecule has 0 bridgehead atoms. The van der Waals surface area contributed by atoms with Crippen LogP contribution in [0.25, 0.3) is 93.9 Å². The van der Waals surface area contributed by atoms with Crippen LogP contribution < -0.4 is 4.90 Å². The van der Waals surface area contributed by atoms with Crippen molar-refractivity contribution in [2.45, 2.75) is 0 Å². The molecule has 0 saturated carbocycles. The van der Waals surface area contributed by atoms with Gasteiger partial charge in [-0.1, -0.05) is 164 Å². The van der Waals surface area contributed by atoms with Crippen LogP contribution in [0.15, 0.2) is 247 Å². The number of anilines is 3. The van der Waals surface area contributed by atoms with Gasteiger partial charge in [0.15, 0.2) is 0 Å². The van der Waals surface area contributed by atoms with Crippen LogP contribution in [-0.4, -0.2) is 4.57 Å². The molecule has 0 fully saturated rings. The standard InChI is InChI=1S/C60H40N2O/c1-4-14-41(15-5-1)45-18-12-19-46(38-45)42-26-31-49(32-27-42)61(51-35-36-58-55(40-51)53-22-10-11-25-57(53)62(58)48-20-8-3-9-21-48)50-33-28-43(29-34-50)47-30-37-59-56(39-47)54-24-13-23-52(60(54)63-59)44-16-6-2-7-17-44/h1-40H. The molecule has 2 aromatic heterocycles. The zero-order valence-electron chi connectivity index (χ0n) is 34.4. The lowest BCUT2D eigenvalue weighted by atomic mass is 9.98. The average molecular weight is 805 g/mol. The van der Waals surface area contributed by atoms with Gasteiger partial charge in [0.2, 0.25) is 0 Å². The van der Waals surface area contributed by atoms with Gasteiger partial charge in [-0.15, -0.1) is 0 Å². The summed E-state index contributed by atoms with van der Waals surface area (Å²) in [6.07, 6.45) is 0. The number of nitrogens with zero attached hydrogens (tertiary/aromatic N) is 2. The minimum absolute atomic E-state index is 0.888. The molecule has 10 aromatic carbocycles. The van der Waals surface area contributed by atoms with E-state index in [0.29, 0.717) is 0 Å². The fourth-order valence-electron chi connectivity index (χ4n) is 9.34. The van der Waals surface area contributed by atoms with Gasteiger partial charge in [0.1, 0.15) is 11.2 Å². The largest absolute Gasteiger partial charge is 0.455 e. The molecule has 0 amide bonds. The molecule has 2 heterocycles. The van der Waals surface area contributed by atoms with E-state index >= 15 is 0 Å². The van der Waals surface area contributed by atoms with Crippen molar-refractivity contribution in [1.82, 2.24) is 4.57 Å². The number of rotatable bonds is 8. The monoisotopic (exact) mass is 804 g/mol. The van der Waals surface area contributed by atoms with E-state index in [1.165, 1.54) is 44.1 Å². The van der Waals surface area contributed by atoms with Crippen molar-refractivity contribution in [2.24, 2.45) is 0 Å². The molecule has 0 aliphatic rings. The Morgan fingerprint density at radius 2 is 0.810 bits per heavy atom. The van der Waals surface area contributed by atoms with Crippen LogP contribution in [0.2, 0.25) is 0 Å². The normalized spacial score (nSPS) is 11.5. The first-order valence-corrected chi connectivity index (χ1v) is 21.5. The van der Waals surface area contributed by atoms with Gasteiger partial charge in [0, 0.05) is 49.9 Å². The molecular formula is C60H40N2O. The molecule has 0 aliphatic heterocycles. The van der Waals surface area contributed by atoms with Crippen LogP contribution >= 0.6 is 0 Å². The number of para-hydroxylation sites is 3. The molecule has 0 saturated heterocycles. The molecule has 0 radical (unpaired) electrons. The van der Waals surface area contributed by atoms with Crippen LogP contribution in [0.1, 0.15) is 0 Å². The lowest BCUT2D eigenvalue weighted by Crippen LogP contribution is -2.10. The second kappa shape index (κ2) is 15.3. The molecule has 0 aliphatic carbocycles. The first-order chi connectivity index (χ1) is 31.2. The second-order valence-corrected chi connectivity index (χ2v) is 16.1. The summed E-state index contributed by atoms with van der Waals surface area (Å²) in [5.41, 5.74) is 17.9. The molecule has 12 rings (SSSR count). The number of hydrogen-bond acceptors (Lipinski definition) is 2. The number of benzene rings is 10. The molecule has 0 N–H and O–H groups in total. The molecular weight excluding hydrogens is 765 g/mol. The molecule has 3 heteroatoms. The number of fused-ring (bicyclic) bond motifs is 6. The van der Waals surface area contributed by atoms with Gasteiger partial charge in [0.05, 0.1) is 11.0 Å². The zero-order valence-corrected chi connectivity index (χ0v) is 34.4. The SMILES string of the molecule is c1ccc(-c2cccc(-c3ccc(N(c4ccc(-c5ccc6oc7c(-c8ccccc8)cccc7c6c5)cc4)c4ccc5c(c4)c4ccccc4n5-c4ccccc4)cc3)c2)cc1. The van der Waals surface area contributed by atoms with Crippen LogP contribution in [0.4, 0.5) is 17.1 Å². The summed E-state index contributed by atoms with van der Waals surface area (Å²) in [5.74, 6) is 0. The Balaban J connectivity index is 0.958. The van der Waals surface area contributed by atoms with Gasteiger partial charge >= 0.3 is 0 Å². The van der Waals surface area contributed by atoms with Crippen molar-refractivity contribution in [3.63, 3.8) is 0 Å². The van der Waals surface area contributed by atoms with Crippen LogP contribution in [-0.2, 0) is 0 Å². The first-order valence-electron chi connectivity index (χ1n) is 21.5. The lowest BCUT2D eigenvalue weighted by Gasteiger charge is -2.26. The zero-order chi connectivity index (χ0) is 41.7. The van der Waals surface area contributed by atoms with E-state index in [2.05, 4.69) is 246 Å². The van der Waals surface area contributed by atoms with Crippen LogP contribution in [0.5, 0.6) is 0 Å². The topological polar surface area (TPSA) is 21.3 Å². The third-order valence-corrected chi connectivity index (χ3v) is 12.4. The Hall–Kier alpha value is -8.40. The van der Waals surface area contributed by atoms with E-state index in [4.69, 9.17) is 4.42 Å². The third-order valence-electron chi connectivity index (χ3n) is 12.4. The van der Waals surface area contributed by atoms with E-state index < -0.39 is 0 Å². The molecule has 0 spiro atoms. The molecule has 0 atom stereocenters. The maximum atomic E-state index is 6.52.